The van der Waals surface area contributed by atoms with Crippen LogP contribution in [0.15, 0.2) is 186 Å². The van der Waals surface area contributed by atoms with Gasteiger partial charge in [-0.25, -0.2) is 0 Å². The molecule has 0 amide bonds. The average molecular weight is 639 g/mol. The van der Waals surface area contributed by atoms with Crippen molar-refractivity contribution in [1.82, 2.24) is 4.57 Å². The van der Waals surface area contributed by atoms with Crippen LogP contribution in [0.2, 0.25) is 0 Å². The van der Waals surface area contributed by atoms with Crippen LogP contribution in [0.5, 0.6) is 0 Å². The monoisotopic (exact) mass is 638 g/mol. The Hall–Kier alpha value is -6.45. The highest BCUT2D eigenvalue weighted by Gasteiger charge is 2.26. The zero-order chi connectivity index (χ0) is 41.9. The number of hydrogen-bond acceptors (Lipinski definition) is 1. The van der Waals surface area contributed by atoms with Gasteiger partial charge in [-0.1, -0.05) is 115 Å². The van der Waals surface area contributed by atoms with Gasteiger partial charge in [0, 0.05) is 55.8 Å². The normalized spacial score (nSPS) is 15.6. The third kappa shape index (κ3) is 4.40. The number of para-hydroxylation sites is 2. The molecular weight excluding hydrogens is 597 g/mol. The Labute approximate surface area is 299 Å². The smallest absolute Gasteiger partial charge is 0.208 e. The summed E-state index contributed by atoms with van der Waals surface area (Å²) < 4.78 is 108. The molecule has 0 aliphatic carbocycles. The predicted molar refractivity (Wildman–Crippen MR) is 201 cm³/mol. The molecule has 0 saturated carbocycles. The van der Waals surface area contributed by atoms with Gasteiger partial charge in [-0.05, 0) is 58.9 Å². The fraction of sp³-hybridized carbons (Fsp3) is 0.0217. The third-order valence-electron chi connectivity index (χ3n) is 9.18. The van der Waals surface area contributed by atoms with Crippen molar-refractivity contribution in [3.63, 3.8) is 0 Å². The molecule has 0 fully saturated rings. The number of aromatic nitrogens is 2. The third-order valence-corrected chi connectivity index (χ3v) is 9.18. The Morgan fingerprint density at radius 1 is 0.571 bits per heavy atom. The number of rotatable bonds is 5. The number of pyridine rings is 1. The van der Waals surface area contributed by atoms with E-state index in [4.69, 9.17) is 14.0 Å². The van der Waals surface area contributed by atoms with Crippen molar-refractivity contribution in [3.8, 4) is 16.8 Å². The van der Waals surface area contributed by atoms with Gasteiger partial charge in [-0.2, -0.15) is 4.57 Å². The van der Waals surface area contributed by atoms with Gasteiger partial charge in [0.15, 0.2) is 12.3 Å². The molecule has 7 aromatic carbocycles. The van der Waals surface area contributed by atoms with E-state index >= 15 is 0 Å². The van der Waals surface area contributed by atoms with Crippen molar-refractivity contribution in [2.24, 2.45) is 0 Å². The first-order chi connectivity index (χ1) is 28.9. The summed E-state index contributed by atoms with van der Waals surface area (Å²) in [5, 5.41) is 3.72. The fourth-order valence-electron chi connectivity index (χ4n) is 7.03. The number of furan rings is 1. The summed E-state index contributed by atoms with van der Waals surface area (Å²) in [6.07, 6.45) is -0.942. The van der Waals surface area contributed by atoms with E-state index in [1.54, 1.807) is 0 Å². The molecular formula is C46H31N2O+. The molecule has 0 N–H and O–H groups in total. The second kappa shape index (κ2) is 11.1. The summed E-state index contributed by atoms with van der Waals surface area (Å²) in [6.45, 7) is 0. The first-order valence-corrected chi connectivity index (χ1v) is 15.9. The lowest BCUT2D eigenvalue weighted by atomic mass is 9.95. The van der Waals surface area contributed by atoms with E-state index in [9.17, 15) is 5.48 Å². The van der Waals surface area contributed by atoms with Crippen LogP contribution in [-0.2, 0) is 0 Å². The SMILES string of the molecule is [2H]c1c([2H])c([2H])c2c(oc3c([2H])c([2H])c([2H])c(-c4c([2H])c([2H])[n+](C(c5ccccc5)c5ccc6c(c5)c5ccc7ccccc7c5n6-c5ccccc5)c([2H])c4[2H])c32)c1[2H]. The second-order valence-electron chi connectivity index (χ2n) is 11.9. The van der Waals surface area contributed by atoms with E-state index in [0.717, 1.165) is 38.3 Å². The van der Waals surface area contributed by atoms with Crippen molar-refractivity contribution in [1.29, 1.82) is 0 Å². The maximum atomic E-state index is 9.57. The van der Waals surface area contributed by atoms with Crippen LogP contribution in [0, 0.1) is 0 Å². The lowest BCUT2D eigenvalue weighted by Gasteiger charge is -2.15. The van der Waals surface area contributed by atoms with E-state index in [1.165, 1.54) is 4.57 Å². The number of nitrogens with zero attached hydrogens (tertiary/aromatic N) is 2. The molecule has 3 heteroatoms. The topological polar surface area (TPSA) is 21.9 Å². The highest BCUT2D eigenvalue weighted by atomic mass is 16.3. The van der Waals surface area contributed by atoms with Crippen molar-refractivity contribution >= 4 is 54.5 Å². The second-order valence-corrected chi connectivity index (χ2v) is 11.9. The zero-order valence-corrected chi connectivity index (χ0v) is 25.8. The molecule has 0 saturated heterocycles. The van der Waals surface area contributed by atoms with E-state index in [2.05, 4.69) is 41.0 Å². The van der Waals surface area contributed by atoms with Gasteiger partial charge in [0.05, 0.1) is 23.4 Å². The minimum Gasteiger partial charge on any atom is -0.456 e. The van der Waals surface area contributed by atoms with Crippen LogP contribution in [0.3, 0.4) is 0 Å². The van der Waals surface area contributed by atoms with Crippen LogP contribution < -0.4 is 4.57 Å². The minimum atomic E-state index is -0.881. The predicted octanol–water partition coefficient (Wildman–Crippen LogP) is 11.4. The average Bonchev–Trinajstić information content (AvgIpc) is 3.84. The summed E-state index contributed by atoms with van der Waals surface area (Å²) in [7, 11) is 0. The van der Waals surface area contributed by atoms with Gasteiger partial charge < -0.3 is 8.98 Å². The maximum Gasteiger partial charge on any atom is 0.208 e. The summed E-state index contributed by atoms with van der Waals surface area (Å²) in [4.78, 5) is 0. The first kappa shape index (κ1) is 18.8. The number of benzene rings is 7. The van der Waals surface area contributed by atoms with Crippen LogP contribution in [0.25, 0.3) is 71.3 Å². The Kier molecular flexibility index (Phi) is 4.24. The van der Waals surface area contributed by atoms with E-state index in [0.29, 0.717) is 11.1 Å². The van der Waals surface area contributed by atoms with E-state index < -0.39 is 72.8 Å². The van der Waals surface area contributed by atoms with Gasteiger partial charge in [-0.3, -0.25) is 0 Å². The molecule has 3 heterocycles. The summed E-state index contributed by atoms with van der Waals surface area (Å²) in [5.74, 6) is 0. The Morgan fingerprint density at radius 2 is 1.33 bits per heavy atom. The van der Waals surface area contributed by atoms with Crippen LogP contribution in [0.1, 0.15) is 32.2 Å². The molecule has 1 atom stereocenters. The highest BCUT2D eigenvalue weighted by Crippen LogP contribution is 2.39. The Morgan fingerprint density at radius 3 is 2.18 bits per heavy atom. The molecule has 0 radical (unpaired) electrons. The summed E-state index contributed by atoms with van der Waals surface area (Å²) in [6, 6.07) is 31.7. The first-order valence-electron chi connectivity index (χ1n) is 21.4. The van der Waals surface area contributed by atoms with Gasteiger partial charge in [0.2, 0.25) is 6.04 Å². The molecule has 3 aromatic heterocycles. The molecule has 0 spiro atoms. The molecule has 3 nitrogen and oxygen atoms in total. The molecule has 10 rings (SSSR count). The number of fused-ring (bicyclic) bond motifs is 8. The molecule has 10 aromatic rings. The van der Waals surface area contributed by atoms with Crippen LogP contribution >= 0.6 is 0 Å². The molecule has 230 valence electrons. The van der Waals surface area contributed by atoms with E-state index in [-0.39, 0.29) is 33.1 Å². The quantitative estimate of drug-likeness (QED) is 0.172. The van der Waals surface area contributed by atoms with Crippen LogP contribution in [0.4, 0.5) is 0 Å². The molecule has 0 aliphatic heterocycles. The van der Waals surface area contributed by atoms with Gasteiger partial charge in [0.25, 0.3) is 0 Å². The molecule has 1 unspecified atom stereocenters. The van der Waals surface area contributed by atoms with Crippen molar-refractivity contribution < 1.29 is 24.1 Å². The minimum absolute atomic E-state index is 0.158. The van der Waals surface area contributed by atoms with Gasteiger partial charge >= 0.3 is 0 Å². The van der Waals surface area contributed by atoms with Gasteiger partial charge in [-0.15, -0.1) is 0 Å². The highest BCUT2D eigenvalue weighted by molar-refractivity contribution is 6.18. The molecule has 49 heavy (non-hydrogen) atoms. The Bertz CT molecular complexity index is 3430. The Balaban J connectivity index is 1.26. The van der Waals surface area contributed by atoms with Crippen LogP contribution in [-0.4, -0.2) is 4.57 Å². The molecule has 0 bridgehead atoms. The lowest BCUT2D eigenvalue weighted by molar-refractivity contribution is -0.704. The summed E-state index contributed by atoms with van der Waals surface area (Å²) >= 11 is 0. The largest absolute Gasteiger partial charge is 0.456 e. The molecule has 0 aliphatic rings. The van der Waals surface area contributed by atoms with Crippen molar-refractivity contribution in [3.05, 3.63) is 193 Å². The van der Waals surface area contributed by atoms with Gasteiger partial charge in [0.1, 0.15) is 13.9 Å². The maximum absolute atomic E-state index is 9.57. The summed E-state index contributed by atoms with van der Waals surface area (Å²) in [5.41, 5.74) is 3.01. The van der Waals surface area contributed by atoms with E-state index in [1.807, 2.05) is 78.9 Å². The number of hydrogen-bond donors (Lipinski definition) is 0. The van der Waals surface area contributed by atoms with Crippen molar-refractivity contribution in [2.45, 2.75) is 6.04 Å². The fourth-order valence-corrected chi connectivity index (χ4v) is 7.03. The van der Waals surface area contributed by atoms with Crippen molar-refractivity contribution in [2.75, 3.05) is 0 Å². The lowest BCUT2D eigenvalue weighted by Crippen LogP contribution is -2.40. The standard InChI is InChI=1S/C46H31N2O/c1-3-13-33(14-4-1)45(47-28-26-32(27-29-47)36-19-11-21-43-44(36)39-18-9-10-20-42(39)49-43)34-23-25-41-40(30-34)38-24-22-31-12-7-8-17-37(31)46(38)48(41)35-15-5-2-6-16-35/h1-30,45H/q+1/i9D,10D,11D,18D,19D,20D,21D,26D,27D,28D,29D. The zero-order valence-electron chi connectivity index (χ0n) is 36.8.